The molecular weight excluding hydrogens is 290 g/mol. The van der Waals surface area contributed by atoms with Gasteiger partial charge in [-0.1, -0.05) is 95.9 Å². The van der Waals surface area contributed by atoms with Crippen LogP contribution in [0.2, 0.25) is 0 Å². The summed E-state index contributed by atoms with van der Waals surface area (Å²) in [5, 5.41) is 0. The van der Waals surface area contributed by atoms with Crippen LogP contribution in [0.5, 0.6) is 0 Å². The van der Waals surface area contributed by atoms with E-state index in [-0.39, 0.29) is 0 Å². The van der Waals surface area contributed by atoms with Gasteiger partial charge in [-0.05, 0) is 17.9 Å². The molecule has 1 heteroatoms. The van der Waals surface area contributed by atoms with Crippen LogP contribution in [0.1, 0.15) is 95.1 Å². The number of hydrogen-bond donors (Lipinski definition) is 0. The number of rotatable bonds is 13. The fourth-order valence-corrected chi connectivity index (χ4v) is 3.59. The van der Waals surface area contributed by atoms with Crippen molar-refractivity contribution in [1.29, 1.82) is 0 Å². The van der Waals surface area contributed by atoms with E-state index in [4.69, 9.17) is 0 Å². The summed E-state index contributed by atoms with van der Waals surface area (Å²) in [6, 6.07) is 9.08. The van der Waals surface area contributed by atoms with Crippen LogP contribution >= 0.6 is 0 Å². The summed E-state index contributed by atoms with van der Waals surface area (Å²) >= 11 is 0. The van der Waals surface area contributed by atoms with Crippen LogP contribution in [0.4, 0.5) is 0 Å². The molecule has 0 aliphatic carbocycles. The van der Waals surface area contributed by atoms with E-state index < -0.39 is 0 Å². The molecular formula is C23H42N+. The van der Waals surface area contributed by atoms with Gasteiger partial charge in [0.05, 0.1) is 21.1 Å². The molecule has 0 saturated carbocycles. The van der Waals surface area contributed by atoms with Crippen LogP contribution in [0.25, 0.3) is 0 Å². The largest absolute Gasteiger partial charge is 0.327 e. The first-order valence-electron chi connectivity index (χ1n) is 10.3. The van der Waals surface area contributed by atoms with E-state index in [1.165, 1.54) is 69.8 Å². The molecule has 0 heterocycles. The monoisotopic (exact) mass is 332 g/mol. The zero-order valence-electron chi connectivity index (χ0n) is 17.1. The SMILES string of the molecule is CCCCCCCCCCCC(C)c1ccccc1C[N+](C)(C)C. The molecule has 0 aromatic heterocycles. The van der Waals surface area contributed by atoms with Crippen LogP contribution in [0.15, 0.2) is 24.3 Å². The molecule has 1 unspecified atom stereocenters. The summed E-state index contributed by atoms with van der Waals surface area (Å²) in [6.07, 6.45) is 14.1. The molecule has 0 amide bonds. The summed E-state index contributed by atoms with van der Waals surface area (Å²) in [7, 11) is 6.84. The van der Waals surface area contributed by atoms with E-state index in [1.54, 1.807) is 5.56 Å². The highest BCUT2D eigenvalue weighted by atomic mass is 15.3. The molecule has 0 saturated heterocycles. The van der Waals surface area contributed by atoms with Crippen molar-refractivity contribution in [2.24, 2.45) is 0 Å². The Balaban J connectivity index is 2.27. The Kier molecular flexibility index (Phi) is 10.3. The van der Waals surface area contributed by atoms with Gasteiger partial charge in [0.1, 0.15) is 6.54 Å². The van der Waals surface area contributed by atoms with Crippen molar-refractivity contribution in [2.75, 3.05) is 21.1 Å². The molecule has 0 N–H and O–H groups in total. The minimum absolute atomic E-state index is 0.692. The van der Waals surface area contributed by atoms with Gasteiger partial charge in [-0.25, -0.2) is 0 Å². The summed E-state index contributed by atoms with van der Waals surface area (Å²) in [4.78, 5) is 0. The quantitative estimate of drug-likeness (QED) is 0.272. The molecule has 1 aromatic rings. The minimum Gasteiger partial charge on any atom is -0.327 e. The Morgan fingerprint density at radius 3 is 1.92 bits per heavy atom. The fraction of sp³-hybridized carbons (Fsp3) is 0.739. The molecule has 0 spiro atoms. The molecule has 0 radical (unpaired) electrons. The van der Waals surface area contributed by atoms with E-state index in [2.05, 4.69) is 59.3 Å². The molecule has 1 rings (SSSR count). The second kappa shape index (κ2) is 11.7. The number of hydrogen-bond acceptors (Lipinski definition) is 0. The van der Waals surface area contributed by atoms with Crippen molar-refractivity contribution < 1.29 is 4.48 Å². The number of unbranched alkanes of at least 4 members (excludes halogenated alkanes) is 8. The van der Waals surface area contributed by atoms with Crippen molar-refractivity contribution in [3.05, 3.63) is 35.4 Å². The van der Waals surface area contributed by atoms with Gasteiger partial charge in [0.25, 0.3) is 0 Å². The second-order valence-corrected chi connectivity index (χ2v) is 8.67. The maximum Gasteiger partial charge on any atom is 0.104 e. The van der Waals surface area contributed by atoms with Crippen LogP contribution in [-0.4, -0.2) is 25.6 Å². The van der Waals surface area contributed by atoms with Crippen LogP contribution in [-0.2, 0) is 6.54 Å². The topological polar surface area (TPSA) is 0 Å². The van der Waals surface area contributed by atoms with Crippen molar-refractivity contribution in [1.82, 2.24) is 0 Å². The normalized spacial score (nSPS) is 13.2. The van der Waals surface area contributed by atoms with Crippen LogP contribution in [0.3, 0.4) is 0 Å². The summed E-state index contributed by atoms with van der Waals surface area (Å²) in [5.74, 6) is 0.692. The van der Waals surface area contributed by atoms with Crippen molar-refractivity contribution in [3.8, 4) is 0 Å². The number of benzene rings is 1. The Labute approximate surface area is 152 Å². The molecule has 0 fully saturated rings. The molecule has 0 aliphatic heterocycles. The standard InChI is InChI=1S/C23H42N/c1-6-7-8-9-10-11-12-13-14-17-21(2)23-19-16-15-18-22(23)20-24(3,4)5/h15-16,18-19,21H,6-14,17,20H2,1-5H3/q+1. The van der Waals surface area contributed by atoms with Crippen molar-refractivity contribution in [3.63, 3.8) is 0 Å². The Bertz CT molecular complexity index is 430. The third kappa shape index (κ3) is 9.47. The summed E-state index contributed by atoms with van der Waals surface area (Å²) < 4.78 is 1.00. The van der Waals surface area contributed by atoms with Gasteiger partial charge in [-0.2, -0.15) is 0 Å². The van der Waals surface area contributed by atoms with Crippen molar-refractivity contribution in [2.45, 2.75) is 90.5 Å². The van der Waals surface area contributed by atoms with Gasteiger partial charge in [0.15, 0.2) is 0 Å². The van der Waals surface area contributed by atoms with E-state index in [0.717, 1.165) is 11.0 Å². The van der Waals surface area contributed by atoms with Gasteiger partial charge in [0.2, 0.25) is 0 Å². The van der Waals surface area contributed by atoms with Gasteiger partial charge in [0, 0.05) is 5.56 Å². The Morgan fingerprint density at radius 2 is 1.33 bits per heavy atom. The predicted molar refractivity (Wildman–Crippen MR) is 108 cm³/mol. The molecule has 24 heavy (non-hydrogen) atoms. The molecule has 138 valence electrons. The lowest BCUT2D eigenvalue weighted by atomic mass is 9.90. The van der Waals surface area contributed by atoms with Gasteiger partial charge < -0.3 is 4.48 Å². The maximum absolute atomic E-state index is 2.42. The number of quaternary nitrogens is 1. The Hall–Kier alpha value is -0.820. The molecule has 0 aliphatic rings. The average Bonchev–Trinajstić information content (AvgIpc) is 2.52. The first-order chi connectivity index (χ1) is 11.4. The highest BCUT2D eigenvalue weighted by Gasteiger charge is 2.15. The third-order valence-electron chi connectivity index (χ3n) is 4.97. The molecule has 1 nitrogen and oxygen atoms in total. The van der Waals surface area contributed by atoms with E-state index in [0.29, 0.717) is 5.92 Å². The zero-order chi connectivity index (χ0) is 17.8. The maximum atomic E-state index is 2.42. The highest BCUT2D eigenvalue weighted by molar-refractivity contribution is 5.29. The Morgan fingerprint density at radius 1 is 0.792 bits per heavy atom. The van der Waals surface area contributed by atoms with Gasteiger partial charge in [-0.3, -0.25) is 0 Å². The van der Waals surface area contributed by atoms with Crippen LogP contribution in [0, 0.1) is 0 Å². The highest BCUT2D eigenvalue weighted by Crippen LogP contribution is 2.26. The third-order valence-corrected chi connectivity index (χ3v) is 4.97. The predicted octanol–water partition coefficient (Wildman–Crippen LogP) is 6.92. The average molecular weight is 333 g/mol. The molecule has 1 aromatic carbocycles. The smallest absolute Gasteiger partial charge is 0.104 e. The number of nitrogens with zero attached hydrogens (tertiary/aromatic N) is 1. The molecule has 1 atom stereocenters. The van der Waals surface area contributed by atoms with Crippen molar-refractivity contribution >= 4 is 0 Å². The van der Waals surface area contributed by atoms with E-state index in [1.807, 2.05) is 0 Å². The zero-order valence-corrected chi connectivity index (χ0v) is 17.1. The first kappa shape index (κ1) is 21.2. The lowest BCUT2D eigenvalue weighted by Gasteiger charge is -2.26. The molecule has 0 bridgehead atoms. The lowest BCUT2D eigenvalue weighted by molar-refractivity contribution is -0.884. The van der Waals surface area contributed by atoms with E-state index in [9.17, 15) is 0 Å². The van der Waals surface area contributed by atoms with Crippen LogP contribution < -0.4 is 0 Å². The first-order valence-corrected chi connectivity index (χ1v) is 10.3. The van der Waals surface area contributed by atoms with E-state index >= 15 is 0 Å². The second-order valence-electron chi connectivity index (χ2n) is 8.67. The summed E-state index contributed by atoms with van der Waals surface area (Å²) in [6.45, 7) is 5.83. The lowest BCUT2D eigenvalue weighted by Crippen LogP contribution is -2.33. The van der Waals surface area contributed by atoms with Gasteiger partial charge >= 0.3 is 0 Å². The minimum atomic E-state index is 0.692. The fourth-order valence-electron chi connectivity index (χ4n) is 3.59. The van der Waals surface area contributed by atoms with Gasteiger partial charge in [-0.15, -0.1) is 0 Å². The summed E-state index contributed by atoms with van der Waals surface area (Å²) in [5.41, 5.74) is 3.11.